The molecular formula is C7H13NO3. The van der Waals surface area contributed by atoms with Gasteiger partial charge >= 0.3 is 5.97 Å². The first kappa shape index (κ1) is 8.49. The molecule has 2 atom stereocenters. The standard InChI is InChI=1S/C7H13NO3/c1-4(2)10-7-5(8)3-6(9)11-7/h4-5,7H,3,8H2,1-2H3/t5-,7+/m0/s1. The Morgan fingerprint density at radius 3 is 2.73 bits per heavy atom. The van der Waals surface area contributed by atoms with Crippen molar-refractivity contribution >= 4 is 5.97 Å². The van der Waals surface area contributed by atoms with E-state index in [2.05, 4.69) is 0 Å². The second-order valence-electron chi connectivity index (χ2n) is 2.91. The van der Waals surface area contributed by atoms with Crippen LogP contribution in [0.15, 0.2) is 0 Å². The molecule has 1 saturated heterocycles. The minimum Gasteiger partial charge on any atom is -0.434 e. The average Bonchev–Trinajstić information content (AvgIpc) is 2.09. The van der Waals surface area contributed by atoms with Crippen molar-refractivity contribution in [3.05, 3.63) is 0 Å². The van der Waals surface area contributed by atoms with Crippen molar-refractivity contribution in [3.63, 3.8) is 0 Å². The van der Waals surface area contributed by atoms with Crippen molar-refractivity contribution in [2.75, 3.05) is 0 Å². The summed E-state index contributed by atoms with van der Waals surface area (Å²) in [6, 6.07) is -0.301. The molecule has 0 radical (unpaired) electrons. The molecule has 4 nitrogen and oxygen atoms in total. The van der Waals surface area contributed by atoms with Gasteiger partial charge in [-0.2, -0.15) is 0 Å². The van der Waals surface area contributed by atoms with Crippen LogP contribution in [0.1, 0.15) is 20.3 Å². The van der Waals surface area contributed by atoms with Gasteiger partial charge in [0.15, 0.2) is 0 Å². The van der Waals surface area contributed by atoms with Crippen molar-refractivity contribution in [2.45, 2.75) is 38.7 Å². The summed E-state index contributed by atoms with van der Waals surface area (Å²) in [4.78, 5) is 10.7. The molecule has 0 saturated carbocycles. The van der Waals surface area contributed by atoms with Gasteiger partial charge in [0.2, 0.25) is 6.29 Å². The van der Waals surface area contributed by atoms with Crippen LogP contribution in [-0.4, -0.2) is 24.4 Å². The normalized spacial score (nSPS) is 31.1. The number of carbonyl (C=O) groups excluding carboxylic acids is 1. The van der Waals surface area contributed by atoms with E-state index in [9.17, 15) is 4.79 Å². The van der Waals surface area contributed by atoms with Crippen LogP contribution in [0.2, 0.25) is 0 Å². The van der Waals surface area contributed by atoms with E-state index in [0.717, 1.165) is 0 Å². The summed E-state index contributed by atoms with van der Waals surface area (Å²) in [5, 5.41) is 0. The number of rotatable bonds is 2. The minimum atomic E-state index is -0.539. The van der Waals surface area contributed by atoms with Crippen LogP contribution in [-0.2, 0) is 14.3 Å². The summed E-state index contributed by atoms with van der Waals surface area (Å²) in [5.74, 6) is -0.275. The maximum absolute atomic E-state index is 10.7. The minimum absolute atomic E-state index is 0.0388. The van der Waals surface area contributed by atoms with Crippen LogP contribution >= 0.6 is 0 Å². The molecule has 1 aliphatic heterocycles. The van der Waals surface area contributed by atoms with E-state index in [1.54, 1.807) is 0 Å². The maximum Gasteiger partial charge on any atom is 0.309 e. The number of hydrogen-bond donors (Lipinski definition) is 1. The van der Waals surface area contributed by atoms with E-state index >= 15 is 0 Å². The molecule has 1 aliphatic rings. The Hall–Kier alpha value is -0.610. The fourth-order valence-electron chi connectivity index (χ4n) is 0.951. The summed E-state index contributed by atoms with van der Waals surface area (Å²) < 4.78 is 10.0. The van der Waals surface area contributed by atoms with Gasteiger partial charge in [0.05, 0.1) is 18.6 Å². The van der Waals surface area contributed by atoms with E-state index in [-0.39, 0.29) is 24.5 Å². The second kappa shape index (κ2) is 3.19. The molecule has 2 N–H and O–H groups in total. The highest BCUT2D eigenvalue weighted by Crippen LogP contribution is 2.15. The Labute approximate surface area is 65.7 Å². The molecule has 1 rings (SSSR count). The second-order valence-corrected chi connectivity index (χ2v) is 2.91. The van der Waals surface area contributed by atoms with Crippen molar-refractivity contribution in [3.8, 4) is 0 Å². The zero-order valence-corrected chi connectivity index (χ0v) is 6.74. The average molecular weight is 159 g/mol. The Morgan fingerprint density at radius 2 is 2.36 bits per heavy atom. The molecular weight excluding hydrogens is 146 g/mol. The number of cyclic esters (lactones) is 1. The van der Waals surface area contributed by atoms with E-state index in [4.69, 9.17) is 15.2 Å². The zero-order chi connectivity index (χ0) is 8.43. The zero-order valence-electron chi connectivity index (χ0n) is 6.74. The van der Waals surface area contributed by atoms with Crippen molar-refractivity contribution < 1.29 is 14.3 Å². The first-order valence-corrected chi connectivity index (χ1v) is 3.70. The van der Waals surface area contributed by atoms with Crippen LogP contribution < -0.4 is 5.73 Å². The quantitative estimate of drug-likeness (QED) is 0.576. The van der Waals surface area contributed by atoms with E-state index in [1.165, 1.54) is 0 Å². The van der Waals surface area contributed by atoms with E-state index in [1.807, 2.05) is 13.8 Å². The number of hydrogen-bond acceptors (Lipinski definition) is 4. The lowest BCUT2D eigenvalue weighted by Gasteiger charge is -2.16. The van der Waals surface area contributed by atoms with Crippen molar-refractivity contribution in [1.82, 2.24) is 0 Å². The SMILES string of the molecule is CC(C)O[C@@H]1OC(=O)C[C@@H]1N. The predicted molar refractivity (Wildman–Crippen MR) is 38.7 cm³/mol. The summed E-state index contributed by atoms with van der Waals surface area (Å²) >= 11 is 0. The molecule has 0 aromatic carbocycles. The summed E-state index contributed by atoms with van der Waals surface area (Å²) in [6.07, 6.45) is -0.239. The molecule has 0 bridgehead atoms. The summed E-state index contributed by atoms with van der Waals surface area (Å²) in [6.45, 7) is 3.75. The first-order valence-electron chi connectivity index (χ1n) is 3.70. The van der Waals surface area contributed by atoms with Gasteiger partial charge in [0, 0.05) is 0 Å². The Bertz CT molecular complexity index is 158. The van der Waals surface area contributed by atoms with E-state index < -0.39 is 6.29 Å². The lowest BCUT2D eigenvalue weighted by atomic mass is 10.2. The van der Waals surface area contributed by atoms with Crippen LogP contribution in [0.5, 0.6) is 0 Å². The van der Waals surface area contributed by atoms with Gasteiger partial charge < -0.3 is 15.2 Å². The molecule has 1 heterocycles. The van der Waals surface area contributed by atoms with Gasteiger partial charge in [-0.15, -0.1) is 0 Å². The molecule has 0 aliphatic carbocycles. The van der Waals surface area contributed by atoms with Gasteiger partial charge in [0.1, 0.15) is 0 Å². The third-order valence-corrected chi connectivity index (χ3v) is 1.41. The Kier molecular flexibility index (Phi) is 2.46. The fraction of sp³-hybridized carbons (Fsp3) is 0.857. The van der Waals surface area contributed by atoms with Crippen molar-refractivity contribution in [1.29, 1.82) is 0 Å². The third-order valence-electron chi connectivity index (χ3n) is 1.41. The molecule has 11 heavy (non-hydrogen) atoms. The molecule has 0 aromatic heterocycles. The highest BCUT2D eigenvalue weighted by Gasteiger charge is 2.33. The maximum atomic E-state index is 10.7. The van der Waals surface area contributed by atoms with Crippen molar-refractivity contribution in [2.24, 2.45) is 5.73 Å². The number of ether oxygens (including phenoxy) is 2. The van der Waals surface area contributed by atoms with Gasteiger partial charge in [-0.05, 0) is 13.8 Å². The number of nitrogens with two attached hydrogens (primary N) is 1. The summed E-state index contributed by atoms with van der Waals surface area (Å²) in [7, 11) is 0. The molecule has 1 fully saturated rings. The van der Waals surface area contributed by atoms with Crippen LogP contribution in [0.3, 0.4) is 0 Å². The Balaban J connectivity index is 2.40. The highest BCUT2D eigenvalue weighted by molar-refractivity contribution is 5.72. The largest absolute Gasteiger partial charge is 0.434 e. The van der Waals surface area contributed by atoms with Gasteiger partial charge in [-0.3, -0.25) is 4.79 Å². The molecule has 64 valence electrons. The first-order chi connectivity index (χ1) is 5.09. The molecule has 0 unspecified atom stereocenters. The topological polar surface area (TPSA) is 61.5 Å². The third kappa shape index (κ3) is 2.17. The lowest BCUT2D eigenvalue weighted by molar-refractivity contribution is -0.170. The van der Waals surface area contributed by atoms with Gasteiger partial charge in [0.25, 0.3) is 0 Å². The smallest absolute Gasteiger partial charge is 0.309 e. The van der Waals surface area contributed by atoms with Crippen LogP contribution in [0.25, 0.3) is 0 Å². The molecule has 0 amide bonds. The highest BCUT2D eigenvalue weighted by atomic mass is 16.7. The molecule has 4 heteroatoms. The Morgan fingerprint density at radius 1 is 1.73 bits per heavy atom. The monoisotopic (exact) mass is 159 g/mol. The number of esters is 1. The van der Waals surface area contributed by atoms with E-state index in [0.29, 0.717) is 0 Å². The van der Waals surface area contributed by atoms with Gasteiger partial charge in [-0.25, -0.2) is 0 Å². The lowest BCUT2D eigenvalue weighted by Crippen LogP contribution is -2.34. The number of carbonyl (C=O) groups is 1. The predicted octanol–water partition coefficient (Wildman–Crippen LogP) is 0.0117. The van der Waals surface area contributed by atoms with Crippen LogP contribution in [0, 0.1) is 0 Å². The van der Waals surface area contributed by atoms with Gasteiger partial charge in [-0.1, -0.05) is 0 Å². The summed E-state index contributed by atoms with van der Waals surface area (Å²) in [5.41, 5.74) is 5.55. The molecule has 0 aromatic rings. The fourth-order valence-corrected chi connectivity index (χ4v) is 0.951. The molecule has 0 spiro atoms. The van der Waals surface area contributed by atoms with Crippen LogP contribution in [0.4, 0.5) is 0 Å².